The maximum absolute atomic E-state index is 13.0. The second-order valence-corrected chi connectivity index (χ2v) is 8.30. The number of fused-ring (bicyclic) bond motifs is 2. The summed E-state index contributed by atoms with van der Waals surface area (Å²) in [6.45, 7) is 0. The molecular weight excluding hydrogens is 414 g/mol. The van der Waals surface area contributed by atoms with Crippen LogP contribution in [-0.4, -0.2) is 55.8 Å². The molecule has 10 heteroatoms. The Labute approximate surface area is 181 Å². The van der Waals surface area contributed by atoms with Gasteiger partial charge in [0, 0.05) is 24.1 Å². The smallest absolute Gasteiger partial charge is 0.291 e. The van der Waals surface area contributed by atoms with Crippen molar-refractivity contribution in [3.63, 3.8) is 0 Å². The van der Waals surface area contributed by atoms with Crippen molar-refractivity contribution in [1.82, 2.24) is 30.5 Å². The predicted molar refractivity (Wildman–Crippen MR) is 117 cm³/mol. The summed E-state index contributed by atoms with van der Waals surface area (Å²) in [6, 6.07) is 12.9. The molecule has 2 amide bonds. The van der Waals surface area contributed by atoms with E-state index in [0.29, 0.717) is 18.0 Å². The Hall–Kier alpha value is -3.66. The summed E-state index contributed by atoms with van der Waals surface area (Å²) in [5.74, 6) is 0.330. The molecule has 0 aliphatic carbocycles. The Morgan fingerprint density at radius 3 is 2.97 bits per heavy atom. The van der Waals surface area contributed by atoms with Gasteiger partial charge in [0.15, 0.2) is 0 Å². The van der Waals surface area contributed by atoms with Crippen LogP contribution < -0.4 is 10.2 Å². The number of likely N-dealkylation sites (N-methyl/N-ethyl adjacent to an activating group) is 1. The largest absolute Gasteiger partial charge is 0.345 e. The van der Waals surface area contributed by atoms with E-state index in [1.807, 2.05) is 42.5 Å². The summed E-state index contributed by atoms with van der Waals surface area (Å²) in [6.07, 6.45) is 2.17. The van der Waals surface area contributed by atoms with Crippen LogP contribution in [0.1, 0.15) is 22.0 Å². The van der Waals surface area contributed by atoms with E-state index in [9.17, 15) is 9.59 Å². The van der Waals surface area contributed by atoms with E-state index in [1.165, 1.54) is 11.8 Å². The Bertz CT molecular complexity index is 1270. The topological polar surface area (TPSA) is 120 Å². The zero-order chi connectivity index (χ0) is 21.4. The lowest BCUT2D eigenvalue weighted by Gasteiger charge is -2.21. The molecule has 0 spiro atoms. The van der Waals surface area contributed by atoms with Gasteiger partial charge < -0.3 is 15.2 Å². The van der Waals surface area contributed by atoms with E-state index in [4.69, 9.17) is 0 Å². The monoisotopic (exact) mass is 433 g/mol. The number of hydrogen-bond donors (Lipinski definition) is 3. The first-order valence-corrected chi connectivity index (χ1v) is 10.7. The molecule has 0 bridgehead atoms. The van der Waals surface area contributed by atoms with Gasteiger partial charge >= 0.3 is 0 Å². The molecule has 31 heavy (non-hydrogen) atoms. The first kappa shape index (κ1) is 19.3. The van der Waals surface area contributed by atoms with Crippen LogP contribution in [0.2, 0.25) is 0 Å². The summed E-state index contributed by atoms with van der Waals surface area (Å²) in [5, 5.41) is 9.61. The number of aromatic amines is 2. The second-order valence-electron chi connectivity index (χ2n) is 7.24. The molecule has 0 unspecified atom stereocenters. The molecule has 0 fully saturated rings. The van der Waals surface area contributed by atoms with E-state index < -0.39 is 11.9 Å². The van der Waals surface area contributed by atoms with Crippen LogP contribution in [-0.2, 0) is 11.2 Å². The first-order valence-electron chi connectivity index (χ1n) is 9.72. The molecule has 3 heterocycles. The normalized spacial score (nSPS) is 16.2. The third kappa shape index (κ3) is 3.77. The molecule has 9 nitrogen and oxygen atoms in total. The SMILES string of the molecule is CN1C(=O)[C@@H](NC(=O)c2n[nH]c(Cc3ccccc3)n2)CSc2cc3nc[nH]c3cc21. The van der Waals surface area contributed by atoms with Gasteiger partial charge in [0.25, 0.3) is 5.91 Å². The fraction of sp³-hybridized carbons (Fsp3) is 0.190. The number of amides is 2. The maximum Gasteiger partial charge on any atom is 0.291 e. The van der Waals surface area contributed by atoms with Gasteiger partial charge in [-0.1, -0.05) is 30.3 Å². The highest BCUT2D eigenvalue weighted by Gasteiger charge is 2.31. The highest BCUT2D eigenvalue weighted by Crippen LogP contribution is 2.36. The standard InChI is InChI=1S/C21H19N7O2S/c1-28-16-8-13-14(23-11-22-13)9-17(16)31-10-15(21(28)30)24-20(29)19-25-18(26-27-19)7-12-5-3-2-4-6-12/h2-6,8-9,11,15H,7,10H2,1H3,(H,22,23)(H,24,29)(H,25,26,27)/t15-/m0/s1. The number of benzene rings is 2. The van der Waals surface area contributed by atoms with Crippen LogP contribution in [0.4, 0.5) is 5.69 Å². The number of rotatable bonds is 4. The van der Waals surface area contributed by atoms with E-state index in [-0.39, 0.29) is 11.7 Å². The molecule has 1 aliphatic rings. The van der Waals surface area contributed by atoms with Crippen LogP contribution in [0.15, 0.2) is 53.7 Å². The van der Waals surface area contributed by atoms with Gasteiger partial charge in [-0.25, -0.2) is 9.97 Å². The van der Waals surface area contributed by atoms with Gasteiger partial charge in [0.05, 0.1) is 23.0 Å². The summed E-state index contributed by atoms with van der Waals surface area (Å²) in [5.41, 5.74) is 3.53. The average molecular weight is 433 g/mol. The Morgan fingerprint density at radius 2 is 2.13 bits per heavy atom. The maximum atomic E-state index is 13.0. The number of hydrogen-bond acceptors (Lipinski definition) is 6. The summed E-state index contributed by atoms with van der Waals surface area (Å²) >= 11 is 1.51. The molecular formula is C21H19N7O2S. The highest BCUT2D eigenvalue weighted by molar-refractivity contribution is 7.99. The Kier molecular flexibility index (Phi) is 4.91. The van der Waals surface area contributed by atoms with Gasteiger partial charge in [0.1, 0.15) is 11.9 Å². The molecule has 5 rings (SSSR count). The molecule has 2 aromatic heterocycles. The zero-order valence-electron chi connectivity index (χ0n) is 16.6. The first-order chi connectivity index (χ1) is 15.1. The molecule has 3 N–H and O–H groups in total. The van der Waals surface area contributed by atoms with Gasteiger partial charge in [-0.3, -0.25) is 14.7 Å². The number of imidazole rings is 1. The van der Waals surface area contributed by atoms with Gasteiger partial charge in [-0.05, 0) is 17.7 Å². The van der Waals surface area contributed by atoms with E-state index in [2.05, 4.69) is 30.5 Å². The van der Waals surface area contributed by atoms with E-state index in [0.717, 1.165) is 27.2 Å². The van der Waals surface area contributed by atoms with E-state index >= 15 is 0 Å². The minimum absolute atomic E-state index is 0.0191. The number of nitrogens with one attached hydrogen (secondary N) is 3. The number of anilines is 1. The minimum atomic E-state index is -0.697. The van der Waals surface area contributed by atoms with Crippen LogP contribution in [0, 0.1) is 0 Å². The molecule has 4 aromatic rings. The number of H-pyrrole nitrogens is 2. The number of thioether (sulfide) groups is 1. The third-order valence-electron chi connectivity index (χ3n) is 5.15. The van der Waals surface area contributed by atoms with Crippen molar-refractivity contribution in [2.45, 2.75) is 17.4 Å². The number of carbonyl (C=O) groups excluding carboxylic acids is 2. The second kappa shape index (κ2) is 7.88. The van der Waals surface area contributed by atoms with Crippen molar-refractivity contribution in [3.05, 3.63) is 66.0 Å². The molecule has 156 valence electrons. The predicted octanol–water partition coefficient (Wildman–Crippen LogP) is 2.14. The highest BCUT2D eigenvalue weighted by atomic mass is 32.2. The Balaban J connectivity index is 1.31. The van der Waals surface area contributed by atoms with Crippen molar-refractivity contribution in [2.24, 2.45) is 0 Å². The molecule has 0 radical (unpaired) electrons. The lowest BCUT2D eigenvalue weighted by Crippen LogP contribution is -2.48. The summed E-state index contributed by atoms with van der Waals surface area (Å²) in [4.78, 5) is 39.9. The molecule has 1 aliphatic heterocycles. The Morgan fingerprint density at radius 1 is 1.29 bits per heavy atom. The molecule has 0 saturated carbocycles. The quantitative estimate of drug-likeness (QED) is 0.454. The van der Waals surface area contributed by atoms with Crippen molar-refractivity contribution in [1.29, 1.82) is 0 Å². The summed E-state index contributed by atoms with van der Waals surface area (Å²) in [7, 11) is 1.71. The molecule has 2 aromatic carbocycles. The lowest BCUT2D eigenvalue weighted by molar-refractivity contribution is -0.119. The third-order valence-corrected chi connectivity index (χ3v) is 6.29. The van der Waals surface area contributed by atoms with Gasteiger partial charge in [-0.15, -0.1) is 16.9 Å². The van der Waals surface area contributed by atoms with Crippen LogP contribution in [0.25, 0.3) is 11.0 Å². The fourth-order valence-corrected chi connectivity index (χ4v) is 4.63. The van der Waals surface area contributed by atoms with Crippen molar-refractivity contribution in [3.8, 4) is 0 Å². The number of aromatic nitrogens is 5. The minimum Gasteiger partial charge on any atom is -0.345 e. The van der Waals surface area contributed by atoms with Crippen LogP contribution in [0.3, 0.4) is 0 Å². The van der Waals surface area contributed by atoms with Crippen LogP contribution >= 0.6 is 11.8 Å². The fourth-order valence-electron chi connectivity index (χ4n) is 3.52. The van der Waals surface area contributed by atoms with Crippen molar-refractivity contribution < 1.29 is 9.59 Å². The van der Waals surface area contributed by atoms with Gasteiger partial charge in [0.2, 0.25) is 11.7 Å². The zero-order valence-corrected chi connectivity index (χ0v) is 17.4. The number of carbonyl (C=O) groups is 2. The van der Waals surface area contributed by atoms with Crippen molar-refractivity contribution in [2.75, 3.05) is 17.7 Å². The molecule has 1 atom stereocenters. The average Bonchev–Trinajstić information content (AvgIpc) is 3.42. The molecule has 0 saturated heterocycles. The van der Waals surface area contributed by atoms with E-state index in [1.54, 1.807) is 18.3 Å². The summed E-state index contributed by atoms with van der Waals surface area (Å²) < 4.78 is 0. The lowest BCUT2D eigenvalue weighted by atomic mass is 10.1. The van der Waals surface area contributed by atoms with Crippen molar-refractivity contribution >= 4 is 40.3 Å². The van der Waals surface area contributed by atoms with Crippen LogP contribution in [0.5, 0.6) is 0 Å². The number of nitrogens with zero attached hydrogens (tertiary/aromatic N) is 4. The van der Waals surface area contributed by atoms with Gasteiger partial charge in [-0.2, -0.15) is 0 Å².